The van der Waals surface area contributed by atoms with Crippen LogP contribution in [0.3, 0.4) is 0 Å². The minimum absolute atomic E-state index is 0.180. The molecule has 0 amide bonds. The molecule has 0 aliphatic rings. The Morgan fingerprint density at radius 1 is 1.67 bits per heavy atom. The van der Waals surface area contributed by atoms with Crippen molar-refractivity contribution < 1.29 is 9.84 Å². The third kappa shape index (κ3) is 1.93. The zero-order valence-electron chi connectivity index (χ0n) is 6.90. The summed E-state index contributed by atoms with van der Waals surface area (Å²) < 4.78 is 4.91. The lowest BCUT2D eigenvalue weighted by atomic mass is 10.2. The Kier molecular flexibility index (Phi) is 3.01. The van der Waals surface area contributed by atoms with Gasteiger partial charge < -0.3 is 15.6 Å². The maximum atomic E-state index is 9.26. The summed E-state index contributed by atoms with van der Waals surface area (Å²) in [5, 5.41) is 9.26. The van der Waals surface area contributed by atoms with Gasteiger partial charge in [0.1, 0.15) is 11.9 Å². The van der Waals surface area contributed by atoms with Gasteiger partial charge in [0, 0.05) is 6.54 Å². The highest BCUT2D eigenvalue weighted by Crippen LogP contribution is 2.12. The number of rotatable bonds is 3. The topological polar surface area (TPSA) is 68.4 Å². The second-order valence-corrected chi connectivity index (χ2v) is 2.37. The van der Waals surface area contributed by atoms with Crippen LogP contribution in [0.1, 0.15) is 11.8 Å². The maximum absolute atomic E-state index is 9.26. The van der Waals surface area contributed by atoms with Gasteiger partial charge in [0.05, 0.1) is 19.0 Å². The van der Waals surface area contributed by atoms with Crippen LogP contribution in [0.5, 0.6) is 5.75 Å². The van der Waals surface area contributed by atoms with Gasteiger partial charge in [0.25, 0.3) is 0 Å². The molecule has 0 saturated carbocycles. The number of nitrogens with zero attached hydrogens (tertiary/aromatic N) is 1. The summed E-state index contributed by atoms with van der Waals surface area (Å²) in [7, 11) is 1.57. The molecule has 0 bridgehead atoms. The third-order valence-corrected chi connectivity index (χ3v) is 1.56. The van der Waals surface area contributed by atoms with E-state index in [1.807, 2.05) is 0 Å². The molecule has 0 spiro atoms. The summed E-state index contributed by atoms with van der Waals surface area (Å²) in [5.41, 5.74) is 5.82. The van der Waals surface area contributed by atoms with Crippen LogP contribution in [-0.2, 0) is 0 Å². The van der Waals surface area contributed by atoms with Crippen molar-refractivity contribution >= 4 is 0 Å². The van der Waals surface area contributed by atoms with Gasteiger partial charge in [0.15, 0.2) is 0 Å². The number of hydrogen-bond acceptors (Lipinski definition) is 4. The van der Waals surface area contributed by atoms with Crippen molar-refractivity contribution in [1.29, 1.82) is 0 Å². The van der Waals surface area contributed by atoms with Crippen LogP contribution in [0.2, 0.25) is 0 Å². The summed E-state index contributed by atoms with van der Waals surface area (Å²) in [4.78, 5) is 3.97. The van der Waals surface area contributed by atoms with E-state index in [4.69, 9.17) is 10.5 Å². The van der Waals surface area contributed by atoms with Gasteiger partial charge >= 0.3 is 0 Å². The van der Waals surface area contributed by atoms with Gasteiger partial charge in [-0.05, 0) is 12.1 Å². The highest BCUT2D eigenvalue weighted by Gasteiger charge is 2.05. The minimum atomic E-state index is -0.684. The Hall–Kier alpha value is -1.13. The predicted molar refractivity (Wildman–Crippen MR) is 44.8 cm³/mol. The van der Waals surface area contributed by atoms with Crippen molar-refractivity contribution in [3.8, 4) is 5.75 Å². The average Bonchev–Trinajstić information content (AvgIpc) is 2.17. The van der Waals surface area contributed by atoms with Gasteiger partial charge in [-0.3, -0.25) is 4.98 Å². The van der Waals surface area contributed by atoms with E-state index >= 15 is 0 Å². The summed E-state index contributed by atoms with van der Waals surface area (Å²) in [6, 6.07) is 3.43. The van der Waals surface area contributed by atoms with Crippen LogP contribution in [0.4, 0.5) is 0 Å². The van der Waals surface area contributed by atoms with Crippen LogP contribution in [0.15, 0.2) is 18.3 Å². The van der Waals surface area contributed by atoms with E-state index in [1.54, 1.807) is 25.4 Å². The molecule has 12 heavy (non-hydrogen) atoms. The summed E-state index contributed by atoms with van der Waals surface area (Å²) >= 11 is 0. The smallest absolute Gasteiger partial charge is 0.137 e. The molecule has 0 aromatic carbocycles. The molecule has 1 rings (SSSR count). The number of hydrogen-bond donors (Lipinski definition) is 2. The SMILES string of the molecule is COc1ccc([C@H](O)CN)nc1. The lowest BCUT2D eigenvalue weighted by Gasteiger charge is -2.06. The summed E-state index contributed by atoms with van der Waals surface area (Å²) in [6.07, 6.45) is 0.865. The molecule has 0 radical (unpaired) electrons. The Morgan fingerprint density at radius 2 is 2.42 bits per heavy atom. The highest BCUT2D eigenvalue weighted by atomic mass is 16.5. The van der Waals surface area contributed by atoms with Crippen LogP contribution in [0, 0.1) is 0 Å². The zero-order chi connectivity index (χ0) is 8.97. The number of aliphatic hydroxyl groups is 1. The summed E-state index contributed by atoms with van der Waals surface area (Å²) in [5.74, 6) is 0.669. The van der Waals surface area contributed by atoms with Gasteiger partial charge in [-0.15, -0.1) is 0 Å². The first kappa shape index (κ1) is 8.96. The Bertz CT molecular complexity index is 235. The van der Waals surface area contributed by atoms with Gasteiger partial charge in [-0.25, -0.2) is 0 Å². The highest BCUT2D eigenvalue weighted by molar-refractivity contribution is 5.20. The zero-order valence-corrected chi connectivity index (χ0v) is 6.90. The standard InChI is InChI=1S/C8H12N2O2/c1-12-6-2-3-7(10-5-6)8(11)4-9/h2-3,5,8,11H,4,9H2,1H3/t8-/m1/s1. The molecule has 66 valence electrons. The van der Waals surface area contributed by atoms with E-state index in [9.17, 15) is 5.11 Å². The van der Waals surface area contributed by atoms with Crippen molar-refractivity contribution in [2.24, 2.45) is 5.73 Å². The van der Waals surface area contributed by atoms with E-state index in [0.29, 0.717) is 11.4 Å². The van der Waals surface area contributed by atoms with Gasteiger partial charge in [-0.1, -0.05) is 0 Å². The molecule has 1 aromatic rings. The van der Waals surface area contributed by atoms with Crippen LogP contribution < -0.4 is 10.5 Å². The Balaban J connectivity index is 2.77. The van der Waals surface area contributed by atoms with Crippen LogP contribution in [-0.4, -0.2) is 23.7 Å². The van der Waals surface area contributed by atoms with Gasteiger partial charge in [-0.2, -0.15) is 0 Å². The van der Waals surface area contributed by atoms with E-state index in [2.05, 4.69) is 4.98 Å². The number of pyridine rings is 1. The molecule has 0 saturated heterocycles. The molecule has 1 heterocycles. The first-order valence-electron chi connectivity index (χ1n) is 3.66. The van der Waals surface area contributed by atoms with Crippen LogP contribution >= 0.6 is 0 Å². The summed E-state index contributed by atoms with van der Waals surface area (Å²) in [6.45, 7) is 0.180. The van der Waals surface area contributed by atoms with Crippen molar-refractivity contribution in [2.75, 3.05) is 13.7 Å². The molecule has 0 fully saturated rings. The number of nitrogens with two attached hydrogens (primary N) is 1. The molecule has 1 aromatic heterocycles. The second kappa shape index (κ2) is 4.04. The van der Waals surface area contributed by atoms with E-state index in [1.165, 1.54) is 0 Å². The molecule has 0 aliphatic carbocycles. The molecule has 1 atom stereocenters. The first-order chi connectivity index (χ1) is 5.77. The second-order valence-electron chi connectivity index (χ2n) is 2.37. The fourth-order valence-electron chi connectivity index (χ4n) is 0.830. The largest absolute Gasteiger partial charge is 0.495 e. The van der Waals surface area contributed by atoms with E-state index in [0.717, 1.165) is 0 Å². The Morgan fingerprint density at radius 3 is 2.83 bits per heavy atom. The van der Waals surface area contributed by atoms with Crippen molar-refractivity contribution in [3.63, 3.8) is 0 Å². The maximum Gasteiger partial charge on any atom is 0.137 e. The van der Waals surface area contributed by atoms with E-state index in [-0.39, 0.29) is 6.54 Å². The molecular weight excluding hydrogens is 156 g/mol. The number of ether oxygens (including phenoxy) is 1. The number of aromatic nitrogens is 1. The predicted octanol–water partition coefficient (Wildman–Crippen LogP) is 0.0823. The normalized spacial score (nSPS) is 12.6. The van der Waals surface area contributed by atoms with Crippen LogP contribution in [0.25, 0.3) is 0 Å². The lowest BCUT2D eigenvalue weighted by Crippen LogP contribution is -2.12. The molecule has 0 unspecified atom stereocenters. The molecular formula is C8H12N2O2. The van der Waals surface area contributed by atoms with Crippen molar-refractivity contribution in [3.05, 3.63) is 24.0 Å². The lowest BCUT2D eigenvalue weighted by molar-refractivity contribution is 0.181. The average molecular weight is 168 g/mol. The number of aliphatic hydroxyl groups excluding tert-OH is 1. The van der Waals surface area contributed by atoms with E-state index < -0.39 is 6.10 Å². The van der Waals surface area contributed by atoms with Crippen molar-refractivity contribution in [1.82, 2.24) is 4.98 Å². The quantitative estimate of drug-likeness (QED) is 0.670. The fraction of sp³-hybridized carbons (Fsp3) is 0.375. The molecule has 0 aliphatic heterocycles. The third-order valence-electron chi connectivity index (χ3n) is 1.56. The fourth-order valence-corrected chi connectivity index (χ4v) is 0.830. The first-order valence-corrected chi connectivity index (χ1v) is 3.66. The van der Waals surface area contributed by atoms with Gasteiger partial charge in [0.2, 0.25) is 0 Å². The van der Waals surface area contributed by atoms with Crippen molar-refractivity contribution in [2.45, 2.75) is 6.10 Å². The minimum Gasteiger partial charge on any atom is -0.495 e. The molecule has 4 nitrogen and oxygen atoms in total. The monoisotopic (exact) mass is 168 g/mol. The molecule has 4 heteroatoms. The number of methoxy groups -OCH3 is 1. The Labute approximate surface area is 71.0 Å². The molecule has 3 N–H and O–H groups in total.